The molecule has 0 radical (unpaired) electrons. The van der Waals surface area contributed by atoms with E-state index in [9.17, 15) is 9.18 Å². The molecule has 6 heteroatoms. The Morgan fingerprint density at radius 1 is 1.26 bits per heavy atom. The van der Waals surface area contributed by atoms with Crippen LogP contribution >= 0.6 is 24.0 Å². The van der Waals surface area contributed by atoms with E-state index in [0.29, 0.717) is 22.4 Å². The first-order valence-corrected chi connectivity index (χ1v) is 9.42. The molecule has 3 atom stereocenters. The SMILES string of the molecule is Cc1ccccc1[C@@H]1[C@H]2CNC[C@H]2CN1C(=O)Cc1ccc(F)cc1Cl.Cl. The first kappa shape index (κ1) is 20.1. The zero-order valence-electron chi connectivity index (χ0n) is 15.1. The molecule has 2 aliphatic rings. The maximum Gasteiger partial charge on any atom is 0.227 e. The average Bonchev–Trinajstić information content (AvgIpc) is 3.19. The van der Waals surface area contributed by atoms with Gasteiger partial charge >= 0.3 is 0 Å². The molecule has 27 heavy (non-hydrogen) atoms. The van der Waals surface area contributed by atoms with Gasteiger partial charge in [-0.15, -0.1) is 12.4 Å². The highest BCUT2D eigenvalue weighted by Gasteiger charge is 2.46. The van der Waals surface area contributed by atoms with Crippen LogP contribution in [0.25, 0.3) is 0 Å². The van der Waals surface area contributed by atoms with Crippen molar-refractivity contribution >= 4 is 29.9 Å². The highest BCUT2D eigenvalue weighted by molar-refractivity contribution is 6.31. The third kappa shape index (κ3) is 3.84. The van der Waals surface area contributed by atoms with E-state index < -0.39 is 0 Å². The highest BCUT2D eigenvalue weighted by Crippen LogP contribution is 2.43. The second-order valence-electron chi connectivity index (χ2n) is 7.34. The minimum atomic E-state index is -0.384. The molecule has 2 aromatic carbocycles. The Kier molecular flexibility index (Phi) is 6.09. The summed E-state index contributed by atoms with van der Waals surface area (Å²) in [4.78, 5) is 15.1. The molecule has 2 heterocycles. The maximum absolute atomic E-state index is 13.3. The number of carbonyl (C=O) groups excluding carboxylic acids is 1. The van der Waals surface area contributed by atoms with Crippen LogP contribution in [0.4, 0.5) is 4.39 Å². The number of nitrogens with one attached hydrogen (secondary N) is 1. The van der Waals surface area contributed by atoms with Crippen LogP contribution in [0.3, 0.4) is 0 Å². The predicted molar refractivity (Wildman–Crippen MR) is 108 cm³/mol. The number of rotatable bonds is 3. The van der Waals surface area contributed by atoms with Gasteiger partial charge in [0.05, 0.1) is 12.5 Å². The average molecular weight is 409 g/mol. The van der Waals surface area contributed by atoms with Gasteiger partial charge in [-0.05, 0) is 41.7 Å². The molecule has 3 nitrogen and oxygen atoms in total. The monoisotopic (exact) mass is 408 g/mol. The lowest BCUT2D eigenvalue weighted by Gasteiger charge is -2.30. The summed E-state index contributed by atoms with van der Waals surface area (Å²) in [5.41, 5.74) is 3.11. The van der Waals surface area contributed by atoms with E-state index in [0.717, 1.165) is 19.6 Å². The van der Waals surface area contributed by atoms with Gasteiger partial charge in [0.2, 0.25) is 5.91 Å². The van der Waals surface area contributed by atoms with Crippen LogP contribution in [-0.2, 0) is 11.2 Å². The van der Waals surface area contributed by atoms with Crippen LogP contribution in [0.5, 0.6) is 0 Å². The first-order chi connectivity index (χ1) is 12.5. The smallest absolute Gasteiger partial charge is 0.227 e. The van der Waals surface area contributed by atoms with Crippen molar-refractivity contribution in [1.82, 2.24) is 10.2 Å². The van der Waals surface area contributed by atoms with Gasteiger partial charge in [0.15, 0.2) is 0 Å². The number of fused-ring (bicyclic) bond motifs is 1. The number of carbonyl (C=O) groups is 1. The second-order valence-corrected chi connectivity index (χ2v) is 7.75. The summed E-state index contributed by atoms with van der Waals surface area (Å²) in [6, 6.07) is 12.6. The Balaban J connectivity index is 0.00000210. The minimum absolute atomic E-state index is 0. The van der Waals surface area contributed by atoms with E-state index in [1.165, 1.54) is 23.3 Å². The summed E-state index contributed by atoms with van der Waals surface area (Å²) < 4.78 is 13.3. The molecule has 2 aromatic rings. The van der Waals surface area contributed by atoms with Crippen LogP contribution in [0.1, 0.15) is 22.7 Å². The summed E-state index contributed by atoms with van der Waals surface area (Å²) in [6.07, 6.45) is 0.203. The number of hydrogen-bond acceptors (Lipinski definition) is 2. The first-order valence-electron chi connectivity index (χ1n) is 9.04. The molecule has 4 rings (SSSR count). The fourth-order valence-corrected chi connectivity index (χ4v) is 4.66. The molecule has 0 saturated carbocycles. The Morgan fingerprint density at radius 3 is 2.78 bits per heavy atom. The van der Waals surface area contributed by atoms with E-state index in [4.69, 9.17) is 11.6 Å². The molecule has 2 saturated heterocycles. The Bertz CT molecular complexity index is 845. The molecule has 0 spiro atoms. The molecule has 1 N–H and O–H groups in total. The molecule has 1 amide bonds. The number of hydrogen-bond donors (Lipinski definition) is 1. The Hall–Kier alpha value is -1.62. The molecular formula is C21H23Cl2FN2O. The molecular weight excluding hydrogens is 386 g/mol. The van der Waals surface area contributed by atoms with Gasteiger partial charge in [0, 0.05) is 30.6 Å². The Labute approximate surface area is 170 Å². The second kappa shape index (κ2) is 8.17. The molecule has 0 aromatic heterocycles. The van der Waals surface area contributed by atoms with Crippen molar-refractivity contribution in [1.29, 1.82) is 0 Å². The fourth-order valence-electron chi connectivity index (χ4n) is 4.42. The van der Waals surface area contributed by atoms with Gasteiger partial charge < -0.3 is 10.2 Å². The molecule has 0 bridgehead atoms. The lowest BCUT2D eigenvalue weighted by atomic mass is 9.87. The van der Waals surface area contributed by atoms with Crippen LogP contribution in [0.2, 0.25) is 5.02 Å². The molecule has 2 aliphatic heterocycles. The number of aryl methyl sites for hydroxylation is 1. The van der Waals surface area contributed by atoms with Crippen molar-refractivity contribution < 1.29 is 9.18 Å². The molecule has 2 fully saturated rings. The molecule has 0 unspecified atom stereocenters. The largest absolute Gasteiger partial charge is 0.335 e. The van der Waals surface area contributed by atoms with E-state index in [1.54, 1.807) is 6.07 Å². The maximum atomic E-state index is 13.3. The van der Waals surface area contributed by atoms with E-state index in [2.05, 4.69) is 24.4 Å². The third-order valence-corrected chi connectivity index (χ3v) is 6.10. The minimum Gasteiger partial charge on any atom is -0.335 e. The van der Waals surface area contributed by atoms with E-state index in [1.807, 2.05) is 17.0 Å². The van der Waals surface area contributed by atoms with Gasteiger partial charge in [-0.1, -0.05) is 41.9 Å². The summed E-state index contributed by atoms with van der Waals surface area (Å²) in [7, 11) is 0. The van der Waals surface area contributed by atoms with Gasteiger partial charge in [-0.2, -0.15) is 0 Å². The van der Waals surface area contributed by atoms with Crippen molar-refractivity contribution in [2.45, 2.75) is 19.4 Å². The lowest BCUT2D eigenvalue weighted by molar-refractivity contribution is -0.131. The topological polar surface area (TPSA) is 32.3 Å². The van der Waals surface area contributed by atoms with Crippen molar-refractivity contribution in [3.8, 4) is 0 Å². The zero-order chi connectivity index (χ0) is 18.3. The molecule has 0 aliphatic carbocycles. The normalized spacial score (nSPS) is 23.8. The van der Waals surface area contributed by atoms with E-state index >= 15 is 0 Å². The highest BCUT2D eigenvalue weighted by atomic mass is 35.5. The van der Waals surface area contributed by atoms with Crippen LogP contribution in [0.15, 0.2) is 42.5 Å². The predicted octanol–water partition coefficient (Wildman–Crippen LogP) is 4.17. The number of nitrogens with zero attached hydrogens (tertiary/aromatic N) is 1. The van der Waals surface area contributed by atoms with Gasteiger partial charge in [0.25, 0.3) is 0 Å². The summed E-state index contributed by atoms with van der Waals surface area (Å²) >= 11 is 6.13. The number of amides is 1. The fraction of sp³-hybridized carbons (Fsp3) is 0.381. The van der Waals surface area contributed by atoms with Crippen molar-refractivity contribution in [2.75, 3.05) is 19.6 Å². The number of likely N-dealkylation sites (tertiary alicyclic amines) is 1. The van der Waals surface area contributed by atoms with Crippen molar-refractivity contribution in [3.63, 3.8) is 0 Å². The number of halogens is 3. The van der Waals surface area contributed by atoms with Gasteiger partial charge in [0.1, 0.15) is 5.82 Å². The van der Waals surface area contributed by atoms with Crippen molar-refractivity contribution in [2.24, 2.45) is 11.8 Å². The van der Waals surface area contributed by atoms with Crippen LogP contribution < -0.4 is 5.32 Å². The van der Waals surface area contributed by atoms with Gasteiger partial charge in [-0.25, -0.2) is 4.39 Å². The summed E-state index contributed by atoms with van der Waals surface area (Å²) in [5.74, 6) is 0.586. The number of benzene rings is 2. The quantitative estimate of drug-likeness (QED) is 0.826. The van der Waals surface area contributed by atoms with Crippen LogP contribution in [0, 0.1) is 24.6 Å². The zero-order valence-corrected chi connectivity index (χ0v) is 16.7. The van der Waals surface area contributed by atoms with Crippen LogP contribution in [-0.4, -0.2) is 30.4 Å². The van der Waals surface area contributed by atoms with Gasteiger partial charge in [-0.3, -0.25) is 4.79 Å². The third-order valence-electron chi connectivity index (χ3n) is 5.75. The lowest BCUT2D eigenvalue weighted by Crippen LogP contribution is -2.36. The Morgan fingerprint density at radius 2 is 2.04 bits per heavy atom. The van der Waals surface area contributed by atoms with E-state index in [-0.39, 0.29) is 36.6 Å². The summed E-state index contributed by atoms with van der Waals surface area (Å²) in [5, 5.41) is 3.78. The molecule has 144 valence electrons. The summed E-state index contributed by atoms with van der Waals surface area (Å²) in [6.45, 7) is 4.75. The standard InChI is InChI=1S/C21H22ClFN2O.ClH/c1-13-4-2-3-5-17(13)21-18-11-24-10-15(18)12-25(21)20(26)8-14-6-7-16(23)9-19(14)22;/h2-7,9,15,18,21,24H,8,10-12H2,1H3;1H/t15-,18-,21+;/m0./s1. The van der Waals surface area contributed by atoms with Crippen molar-refractivity contribution in [3.05, 3.63) is 70.0 Å².